The van der Waals surface area contributed by atoms with Gasteiger partial charge in [-0.1, -0.05) is 23.1 Å². The third-order valence-corrected chi connectivity index (χ3v) is 5.86. The minimum atomic E-state index is -0.729. The Bertz CT molecular complexity index is 1190. The number of ether oxygens (including phenoxy) is 3. The maximum Gasteiger partial charge on any atom is 0.343 e. The van der Waals surface area contributed by atoms with Gasteiger partial charge in [0.25, 0.3) is 0 Å². The molecule has 174 valence electrons. The number of esters is 1. The van der Waals surface area contributed by atoms with E-state index in [1.807, 2.05) is 13.8 Å². The summed E-state index contributed by atoms with van der Waals surface area (Å²) in [5.74, 6) is 0.383. The van der Waals surface area contributed by atoms with Gasteiger partial charge in [-0.15, -0.1) is 10.2 Å². The zero-order chi connectivity index (χ0) is 23.8. The molecule has 0 unspecified atom stereocenters. The van der Waals surface area contributed by atoms with Crippen molar-refractivity contribution in [3.63, 3.8) is 0 Å². The van der Waals surface area contributed by atoms with E-state index in [1.165, 1.54) is 48.2 Å². The Hall–Kier alpha value is -3.38. The summed E-state index contributed by atoms with van der Waals surface area (Å²) in [6.07, 6.45) is 1.09. The Morgan fingerprint density at radius 1 is 1.09 bits per heavy atom. The van der Waals surface area contributed by atoms with Gasteiger partial charge in [0.05, 0.1) is 24.5 Å². The van der Waals surface area contributed by atoms with E-state index >= 15 is 0 Å². The van der Waals surface area contributed by atoms with Gasteiger partial charge in [0.2, 0.25) is 22.2 Å². The molecule has 0 radical (unpaired) electrons. The maximum absolute atomic E-state index is 12.5. The van der Waals surface area contributed by atoms with Crippen molar-refractivity contribution in [2.45, 2.75) is 30.9 Å². The molecule has 1 N–H and O–H groups in total. The van der Waals surface area contributed by atoms with E-state index in [0.29, 0.717) is 45.7 Å². The average Bonchev–Trinajstić information content (AvgIpc) is 3.22. The molecule has 0 aliphatic rings. The molecule has 3 rings (SSSR count). The fraction of sp³-hybridized carbons (Fsp3) is 0.286. The van der Waals surface area contributed by atoms with Crippen molar-refractivity contribution in [2.24, 2.45) is 0 Å². The van der Waals surface area contributed by atoms with Crippen molar-refractivity contribution < 1.29 is 28.2 Å². The molecule has 2 heterocycles. The molecule has 12 heteroatoms. The summed E-state index contributed by atoms with van der Waals surface area (Å²) in [6, 6.07) is 5.88. The van der Waals surface area contributed by atoms with Gasteiger partial charge >= 0.3 is 5.97 Å². The molecule has 0 fully saturated rings. The SMILES string of the molecule is CCOc1ccc(C(=O)Oc2coc(CSc3nnc(NC(C)=O)s3)cc2=O)cc1OCC. The van der Waals surface area contributed by atoms with Crippen LogP contribution < -0.4 is 25.0 Å². The van der Waals surface area contributed by atoms with E-state index in [4.69, 9.17) is 18.6 Å². The lowest BCUT2D eigenvalue weighted by Gasteiger charge is -2.12. The number of amides is 1. The van der Waals surface area contributed by atoms with Crippen molar-refractivity contribution >= 4 is 40.1 Å². The number of hydrogen-bond donors (Lipinski definition) is 1. The summed E-state index contributed by atoms with van der Waals surface area (Å²) in [6.45, 7) is 5.89. The zero-order valence-corrected chi connectivity index (χ0v) is 19.7. The van der Waals surface area contributed by atoms with Crippen LogP contribution in [0.4, 0.5) is 5.13 Å². The number of hydrogen-bond acceptors (Lipinski definition) is 11. The molecule has 0 aliphatic carbocycles. The molecule has 0 saturated heterocycles. The molecule has 1 amide bonds. The van der Waals surface area contributed by atoms with Gasteiger partial charge in [-0.05, 0) is 32.0 Å². The quantitative estimate of drug-likeness (QED) is 0.254. The second-order valence-electron chi connectivity index (χ2n) is 6.33. The van der Waals surface area contributed by atoms with Crippen molar-refractivity contribution in [1.29, 1.82) is 0 Å². The highest BCUT2D eigenvalue weighted by atomic mass is 32.2. The van der Waals surface area contributed by atoms with E-state index in [-0.39, 0.29) is 17.2 Å². The highest BCUT2D eigenvalue weighted by Gasteiger charge is 2.16. The standard InChI is InChI=1S/C21H21N3O7S2/c1-4-28-16-7-6-13(8-17(16)29-5-2)19(27)31-18-10-30-14(9-15(18)26)11-32-21-24-23-20(33-21)22-12(3)25/h6-10H,4-5,11H2,1-3H3,(H,22,23,25). The lowest BCUT2D eigenvalue weighted by molar-refractivity contribution is -0.114. The molecule has 0 bridgehead atoms. The summed E-state index contributed by atoms with van der Waals surface area (Å²) in [5.41, 5.74) is -0.301. The molecule has 0 atom stereocenters. The number of aromatic nitrogens is 2. The van der Waals surface area contributed by atoms with Crippen LogP contribution in [0.25, 0.3) is 0 Å². The third kappa shape index (κ3) is 6.80. The van der Waals surface area contributed by atoms with Crippen LogP contribution in [0.5, 0.6) is 17.2 Å². The predicted octanol–water partition coefficient (Wildman–Crippen LogP) is 3.76. The van der Waals surface area contributed by atoms with Crippen molar-refractivity contribution in [1.82, 2.24) is 10.2 Å². The fourth-order valence-electron chi connectivity index (χ4n) is 2.53. The van der Waals surface area contributed by atoms with Crippen LogP contribution in [0.2, 0.25) is 0 Å². The number of thioether (sulfide) groups is 1. The van der Waals surface area contributed by atoms with Gasteiger partial charge in [-0.3, -0.25) is 9.59 Å². The number of nitrogens with zero attached hydrogens (tertiary/aromatic N) is 2. The molecule has 33 heavy (non-hydrogen) atoms. The third-order valence-electron chi connectivity index (χ3n) is 3.86. The van der Waals surface area contributed by atoms with E-state index < -0.39 is 11.4 Å². The monoisotopic (exact) mass is 491 g/mol. The fourth-order valence-corrected chi connectivity index (χ4v) is 4.22. The molecule has 10 nitrogen and oxygen atoms in total. The second kappa shape index (κ2) is 11.5. The first-order chi connectivity index (χ1) is 15.9. The zero-order valence-electron chi connectivity index (χ0n) is 18.1. The molecular formula is C21H21N3O7S2. The van der Waals surface area contributed by atoms with Crippen LogP contribution in [0.1, 0.15) is 36.9 Å². The maximum atomic E-state index is 12.5. The minimum Gasteiger partial charge on any atom is -0.490 e. The van der Waals surface area contributed by atoms with Gasteiger partial charge in [-0.25, -0.2) is 4.79 Å². The van der Waals surface area contributed by atoms with Crippen molar-refractivity contribution in [3.05, 3.63) is 52.1 Å². The lowest BCUT2D eigenvalue weighted by atomic mass is 10.2. The highest BCUT2D eigenvalue weighted by Crippen LogP contribution is 2.30. The Kier molecular flexibility index (Phi) is 8.44. The summed E-state index contributed by atoms with van der Waals surface area (Å²) < 4.78 is 22.2. The number of rotatable bonds is 10. The molecule has 0 spiro atoms. The number of benzene rings is 1. The molecule has 1 aromatic carbocycles. The second-order valence-corrected chi connectivity index (χ2v) is 8.53. The average molecular weight is 492 g/mol. The topological polar surface area (TPSA) is 130 Å². The normalized spacial score (nSPS) is 10.5. The van der Waals surface area contributed by atoms with Crippen LogP contribution in [0.15, 0.2) is 44.1 Å². The van der Waals surface area contributed by atoms with E-state index in [9.17, 15) is 14.4 Å². The van der Waals surface area contributed by atoms with Crippen LogP contribution in [0.3, 0.4) is 0 Å². The number of carbonyl (C=O) groups is 2. The first-order valence-corrected chi connectivity index (χ1v) is 11.7. The van der Waals surface area contributed by atoms with Gasteiger partial charge in [0, 0.05) is 13.0 Å². The largest absolute Gasteiger partial charge is 0.490 e. The van der Waals surface area contributed by atoms with Crippen LogP contribution in [0, 0.1) is 0 Å². The smallest absolute Gasteiger partial charge is 0.343 e. The van der Waals surface area contributed by atoms with Crippen LogP contribution in [-0.4, -0.2) is 35.3 Å². The molecule has 2 aromatic heterocycles. The Balaban J connectivity index is 1.64. The first kappa shape index (κ1) is 24.3. The van der Waals surface area contributed by atoms with Gasteiger partial charge in [0.1, 0.15) is 12.0 Å². The summed E-state index contributed by atoms with van der Waals surface area (Å²) in [4.78, 5) is 36.0. The van der Waals surface area contributed by atoms with Gasteiger partial charge in [0.15, 0.2) is 15.8 Å². The number of anilines is 1. The predicted molar refractivity (Wildman–Crippen MR) is 122 cm³/mol. The van der Waals surface area contributed by atoms with Crippen molar-refractivity contribution in [3.8, 4) is 17.2 Å². The molecule has 0 saturated carbocycles. The van der Waals surface area contributed by atoms with Crippen LogP contribution in [-0.2, 0) is 10.5 Å². The van der Waals surface area contributed by atoms with E-state index in [2.05, 4.69) is 15.5 Å². The Labute approximate surface area is 197 Å². The molecule has 0 aliphatic heterocycles. The summed E-state index contributed by atoms with van der Waals surface area (Å²) in [7, 11) is 0. The highest BCUT2D eigenvalue weighted by molar-refractivity contribution is 8.00. The van der Waals surface area contributed by atoms with E-state index in [1.54, 1.807) is 6.07 Å². The van der Waals surface area contributed by atoms with E-state index in [0.717, 1.165) is 6.26 Å². The number of nitrogens with one attached hydrogen (secondary N) is 1. The van der Waals surface area contributed by atoms with Crippen molar-refractivity contribution in [2.75, 3.05) is 18.5 Å². The Morgan fingerprint density at radius 3 is 2.55 bits per heavy atom. The first-order valence-electron chi connectivity index (χ1n) is 9.87. The summed E-state index contributed by atoms with van der Waals surface area (Å²) in [5, 5.41) is 10.7. The van der Waals surface area contributed by atoms with Gasteiger partial charge < -0.3 is 23.9 Å². The number of carbonyl (C=O) groups excluding carboxylic acids is 2. The van der Waals surface area contributed by atoms with Crippen LogP contribution >= 0.6 is 23.1 Å². The Morgan fingerprint density at radius 2 is 1.85 bits per heavy atom. The summed E-state index contributed by atoms with van der Waals surface area (Å²) >= 11 is 2.49. The molecular weight excluding hydrogens is 470 g/mol. The molecule has 3 aromatic rings. The minimum absolute atomic E-state index is 0.201. The van der Waals surface area contributed by atoms with Gasteiger partial charge in [-0.2, -0.15) is 0 Å². The lowest BCUT2D eigenvalue weighted by Crippen LogP contribution is -2.15.